The van der Waals surface area contributed by atoms with Crippen LogP contribution in [0.2, 0.25) is 0 Å². The standard InChI is InChI=1S/C17H22N4O2/c1-17(2,3)16-19-14(23-20-16)12-6-4-5-7-13(12)15(22)21-10-8-18-9-11-21/h4-7,18H,8-11H2,1-3H3. The molecule has 0 spiro atoms. The smallest absolute Gasteiger partial charge is 0.258 e. The molecule has 0 unspecified atom stereocenters. The number of carbonyl (C=O) groups is 1. The van der Waals surface area contributed by atoms with Crippen molar-refractivity contribution in [3.63, 3.8) is 0 Å². The van der Waals surface area contributed by atoms with E-state index in [0.29, 0.717) is 35.9 Å². The molecule has 1 aromatic heterocycles. The minimum Gasteiger partial charge on any atom is -0.336 e. The van der Waals surface area contributed by atoms with Gasteiger partial charge in [0, 0.05) is 31.6 Å². The van der Waals surface area contributed by atoms with Crippen LogP contribution in [0.15, 0.2) is 28.8 Å². The summed E-state index contributed by atoms with van der Waals surface area (Å²) in [4.78, 5) is 19.1. The number of piperazine rings is 1. The summed E-state index contributed by atoms with van der Waals surface area (Å²) >= 11 is 0. The van der Waals surface area contributed by atoms with Crippen LogP contribution in [0.5, 0.6) is 0 Å². The molecular weight excluding hydrogens is 292 g/mol. The summed E-state index contributed by atoms with van der Waals surface area (Å²) in [5, 5.41) is 7.31. The van der Waals surface area contributed by atoms with Crippen molar-refractivity contribution in [1.29, 1.82) is 0 Å². The third-order valence-electron chi connectivity index (χ3n) is 3.89. The Morgan fingerprint density at radius 1 is 1.22 bits per heavy atom. The predicted molar refractivity (Wildman–Crippen MR) is 87.2 cm³/mol. The maximum atomic E-state index is 12.8. The number of nitrogens with one attached hydrogen (secondary N) is 1. The summed E-state index contributed by atoms with van der Waals surface area (Å²) in [6, 6.07) is 7.42. The third kappa shape index (κ3) is 3.27. The molecule has 0 bridgehead atoms. The highest BCUT2D eigenvalue weighted by molar-refractivity contribution is 6.00. The van der Waals surface area contributed by atoms with Crippen molar-refractivity contribution in [2.75, 3.05) is 26.2 Å². The van der Waals surface area contributed by atoms with Crippen LogP contribution in [0.4, 0.5) is 0 Å². The van der Waals surface area contributed by atoms with Gasteiger partial charge in [0.2, 0.25) is 0 Å². The van der Waals surface area contributed by atoms with Gasteiger partial charge in [0.25, 0.3) is 11.8 Å². The van der Waals surface area contributed by atoms with Crippen molar-refractivity contribution < 1.29 is 9.32 Å². The molecule has 1 fully saturated rings. The fraction of sp³-hybridized carbons (Fsp3) is 0.471. The van der Waals surface area contributed by atoms with Gasteiger partial charge in [-0.1, -0.05) is 38.1 Å². The molecule has 2 aromatic rings. The second-order valence-electron chi connectivity index (χ2n) is 6.76. The monoisotopic (exact) mass is 314 g/mol. The van der Waals surface area contributed by atoms with E-state index in [2.05, 4.69) is 15.5 Å². The number of hydrogen-bond donors (Lipinski definition) is 1. The average Bonchev–Trinajstić information content (AvgIpc) is 3.05. The van der Waals surface area contributed by atoms with Crippen molar-refractivity contribution in [3.05, 3.63) is 35.7 Å². The van der Waals surface area contributed by atoms with Crippen LogP contribution in [-0.4, -0.2) is 47.1 Å². The molecule has 1 amide bonds. The molecule has 0 atom stereocenters. The van der Waals surface area contributed by atoms with Gasteiger partial charge in [-0.25, -0.2) is 0 Å². The van der Waals surface area contributed by atoms with Crippen LogP contribution in [0.3, 0.4) is 0 Å². The van der Waals surface area contributed by atoms with E-state index < -0.39 is 0 Å². The van der Waals surface area contributed by atoms with E-state index in [4.69, 9.17) is 4.52 Å². The SMILES string of the molecule is CC(C)(C)c1noc(-c2ccccc2C(=O)N2CCNCC2)n1. The van der Waals surface area contributed by atoms with Gasteiger partial charge in [-0.2, -0.15) is 4.98 Å². The molecule has 0 radical (unpaired) electrons. The molecule has 1 saturated heterocycles. The number of carbonyl (C=O) groups excluding carboxylic acids is 1. The van der Waals surface area contributed by atoms with E-state index >= 15 is 0 Å². The van der Waals surface area contributed by atoms with Gasteiger partial charge in [-0.15, -0.1) is 0 Å². The molecule has 3 rings (SSSR count). The van der Waals surface area contributed by atoms with Gasteiger partial charge in [0.15, 0.2) is 5.82 Å². The largest absolute Gasteiger partial charge is 0.336 e. The lowest BCUT2D eigenvalue weighted by molar-refractivity contribution is 0.0736. The van der Waals surface area contributed by atoms with Crippen molar-refractivity contribution in [1.82, 2.24) is 20.4 Å². The number of hydrogen-bond acceptors (Lipinski definition) is 5. The maximum Gasteiger partial charge on any atom is 0.258 e. The van der Waals surface area contributed by atoms with Crippen LogP contribution in [0.1, 0.15) is 37.0 Å². The second-order valence-corrected chi connectivity index (χ2v) is 6.76. The van der Waals surface area contributed by atoms with E-state index in [1.54, 1.807) is 0 Å². The van der Waals surface area contributed by atoms with E-state index in [0.717, 1.165) is 13.1 Å². The van der Waals surface area contributed by atoms with Crippen LogP contribution >= 0.6 is 0 Å². The van der Waals surface area contributed by atoms with Crippen LogP contribution in [0, 0.1) is 0 Å². The van der Waals surface area contributed by atoms with E-state index in [1.807, 2.05) is 49.9 Å². The molecule has 2 heterocycles. The van der Waals surface area contributed by atoms with Crippen LogP contribution in [0.25, 0.3) is 11.5 Å². The van der Waals surface area contributed by atoms with Gasteiger partial charge in [0.1, 0.15) is 0 Å². The summed E-state index contributed by atoms with van der Waals surface area (Å²) in [5.74, 6) is 1.04. The van der Waals surface area contributed by atoms with Crippen LogP contribution in [-0.2, 0) is 5.41 Å². The minimum absolute atomic E-state index is 0.0117. The number of benzene rings is 1. The fourth-order valence-electron chi connectivity index (χ4n) is 2.53. The van der Waals surface area contributed by atoms with Gasteiger partial charge >= 0.3 is 0 Å². The zero-order chi connectivity index (χ0) is 16.4. The fourth-order valence-corrected chi connectivity index (χ4v) is 2.53. The van der Waals surface area contributed by atoms with Crippen molar-refractivity contribution in [2.24, 2.45) is 0 Å². The molecule has 6 nitrogen and oxygen atoms in total. The maximum absolute atomic E-state index is 12.8. The Hall–Kier alpha value is -2.21. The van der Waals surface area contributed by atoms with Crippen molar-refractivity contribution >= 4 is 5.91 Å². The summed E-state index contributed by atoms with van der Waals surface area (Å²) in [6.07, 6.45) is 0. The topological polar surface area (TPSA) is 71.3 Å². The third-order valence-corrected chi connectivity index (χ3v) is 3.89. The van der Waals surface area contributed by atoms with Crippen molar-refractivity contribution in [3.8, 4) is 11.5 Å². The van der Waals surface area contributed by atoms with E-state index in [9.17, 15) is 4.79 Å². The Bertz CT molecular complexity index is 697. The Morgan fingerprint density at radius 2 is 1.91 bits per heavy atom. The number of aromatic nitrogens is 2. The highest BCUT2D eigenvalue weighted by atomic mass is 16.5. The van der Waals surface area contributed by atoms with E-state index in [-0.39, 0.29) is 11.3 Å². The van der Waals surface area contributed by atoms with Gasteiger partial charge in [-0.05, 0) is 12.1 Å². The average molecular weight is 314 g/mol. The Morgan fingerprint density at radius 3 is 2.57 bits per heavy atom. The minimum atomic E-state index is -0.195. The molecule has 6 heteroatoms. The molecule has 0 aliphatic carbocycles. The van der Waals surface area contributed by atoms with E-state index in [1.165, 1.54) is 0 Å². The molecule has 1 aromatic carbocycles. The molecule has 23 heavy (non-hydrogen) atoms. The lowest BCUT2D eigenvalue weighted by Crippen LogP contribution is -2.46. The number of nitrogens with zero attached hydrogens (tertiary/aromatic N) is 3. The van der Waals surface area contributed by atoms with Gasteiger partial charge in [-0.3, -0.25) is 4.79 Å². The first-order valence-electron chi connectivity index (χ1n) is 7.90. The predicted octanol–water partition coefficient (Wildman–Crippen LogP) is 2.08. The molecule has 0 saturated carbocycles. The number of amides is 1. The zero-order valence-electron chi connectivity index (χ0n) is 13.8. The first-order valence-corrected chi connectivity index (χ1v) is 7.90. The highest BCUT2D eigenvalue weighted by Gasteiger charge is 2.25. The first kappa shape index (κ1) is 15.7. The zero-order valence-corrected chi connectivity index (χ0v) is 13.8. The molecule has 1 aliphatic rings. The molecule has 122 valence electrons. The Kier molecular flexibility index (Phi) is 4.17. The lowest BCUT2D eigenvalue weighted by Gasteiger charge is -2.27. The summed E-state index contributed by atoms with van der Waals surface area (Å²) < 4.78 is 5.41. The summed E-state index contributed by atoms with van der Waals surface area (Å²) in [5.41, 5.74) is 1.11. The molecule has 1 aliphatic heterocycles. The Labute approximate surface area is 135 Å². The second kappa shape index (κ2) is 6.12. The molecular formula is C17H22N4O2. The van der Waals surface area contributed by atoms with Crippen LogP contribution < -0.4 is 5.32 Å². The molecule has 1 N–H and O–H groups in total. The first-order chi connectivity index (χ1) is 11.0. The van der Waals surface area contributed by atoms with Gasteiger partial charge < -0.3 is 14.7 Å². The Balaban J connectivity index is 1.94. The normalized spacial score (nSPS) is 15.7. The lowest BCUT2D eigenvalue weighted by atomic mass is 9.96. The highest BCUT2D eigenvalue weighted by Crippen LogP contribution is 2.26. The summed E-state index contributed by atoms with van der Waals surface area (Å²) in [6.45, 7) is 9.15. The summed E-state index contributed by atoms with van der Waals surface area (Å²) in [7, 11) is 0. The quantitative estimate of drug-likeness (QED) is 0.919. The number of rotatable bonds is 2. The van der Waals surface area contributed by atoms with Gasteiger partial charge in [0.05, 0.1) is 11.1 Å². The van der Waals surface area contributed by atoms with Crippen molar-refractivity contribution in [2.45, 2.75) is 26.2 Å².